The summed E-state index contributed by atoms with van der Waals surface area (Å²) < 4.78 is 21.4. The normalized spacial score (nSPS) is 20.9. The predicted molar refractivity (Wildman–Crippen MR) is 123 cm³/mol. The average molecular weight is 450 g/mol. The number of benzene rings is 1. The van der Waals surface area contributed by atoms with E-state index in [0.29, 0.717) is 19.7 Å². The van der Waals surface area contributed by atoms with E-state index < -0.39 is 0 Å². The van der Waals surface area contributed by atoms with Crippen LogP contribution in [0.3, 0.4) is 0 Å². The predicted octanol–water partition coefficient (Wildman–Crippen LogP) is 3.24. The molecule has 2 aliphatic heterocycles. The minimum absolute atomic E-state index is 0.126. The summed E-state index contributed by atoms with van der Waals surface area (Å²) in [6.45, 7) is 3.54. The quantitative estimate of drug-likeness (QED) is 0.614. The van der Waals surface area contributed by atoms with Gasteiger partial charge in [-0.3, -0.25) is 4.79 Å². The van der Waals surface area contributed by atoms with Crippen molar-refractivity contribution in [2.75, 3.05) is 37.7 Å². The van der Waals surface area contributed by atoms with E-state index in [2.05, 4.69) is 4.90 Å². The number of aromatic nitrogens is 3. The molecule has 2 saturated heterocycles. The van der Waals surface area contributed by atoms with Crippen molar-refractivity contribution in [2.45, 2.75) is 44.6 Å². The van der Waals surface area contributed by atoms with Gasteiger partial charge in [0.15, 0.2) is 5.65 Å². The molecular formula is C25H28FN5O2. The van der Waals surface area contributed by atoms with Crippen LogP contribution in [0, 0.1) is 5.82 Å². The number of carbonyl (C=O) groups is 1. The largest absolute Gasteiger partial charge is 0.368 e. The number of amides is 1. The van der Waals surface area contributed by atoms with Crippen LogP contribution in [0.15, 0.2) is 30.3 Å². The summed E-state index contributed by atoms with van der Waals surface area (Å²) in [4.78, 5) is 22.0. The van der Waals surface area contributed by atoms with Gasteiger partial charge in [0.05, 0.1) is 5.69 Å². The molecule has 2 fully saturated rings. The number of hydrogen-bond acceptors (Lipinski definition) is 5. The van der Waals surface area contributed by atoms with E-state index in [1.165, 1.54) is 17.7 Å². The topological polar surface area (TPSA) is 63.0 Å². The van der Waals surface area contributed by atoms with E-state index in [9.17, 15) is 9.18 Å². The lowest BCUT2D eigenvalue weighted by molar-refractivity contribution is -0.141. The van der Waals surface area contributed by atoms with Crippen molar-refractivity contribution in [3.8, 4) is 11.3 Å². The second-order valence-electron chi connectivity index (χ2n) is 9.19. The first-order valence-corrected chi connectivity index (χ1v) is 12.0. The first kappa shape index (κ1) is 20.6. The van der Waals surface area contributed by atoms with Gasteiger partial charge in [0, 0.05) is 55.7 Å². The molecule has 1 atom stereocenters. The monoisotopic (exact) mass is 449 g/mol. The van der Waals surface area contributed by atoms with E-state index in [4.69, 9.17) is 14.8 Å². The minimum atomic E-state index is -0.274. The van der Waals surface area contributed by atoms with E-state index in [-0.39, 0.29) is 17.8 Å². The zero-order valence-electron chi connectivity index (χ0n) is 18.7. The molecule has 4 heterocycles. The third-order valence-corrected chi connectivity index (χ3v) is 7.07. The van der Waals surface area contributed by atoms with E-state index in [1.807, 2.05) is 21.5 Å². The van der Waals surface area contributed by atoms with Crippen molar-refractivity contribution in [3.63, 3.8) is 0 Å². The first-order valence-electron chi connectivity index (χ1n) is 12.0. The Morgan fingerprint density at radius 1 is 1.06 bits per heavy atom. The lowest BCUT2D eigenvalue weighted by Gasteiger charge is -2.38. The molecule has 0 bridgehead atoms. The number of halogens is 1. The molecule has 2 aromatic heterocycles. The molecule has 0 spiro atoms. The summed E-state index contributed by atoms with van der Waals surface area (Å²) in [7, 11) is 0. The van der Waals surface area contributed by atoms with Crippen molar-refractivity contribution in [1.82, 2.24) is 19.5 Å². The van der Waals surface area contributed by atoms with Gasteiger partial charge in [0.25, 0.3) is 5.91 Å². The van der Waals surface area contributed by atoms with Gasteiger partial charge in [0.2, 0.25) is 0 Å². The average Bonchev–Trinajstić information content (AvgIpc) is 3.52. The number of rotatable bonds is 3. The molecule has 6 rings (SSSR count). The summed E-state index contributed by atoms with van der Waals surface area (Å²) in [6.07, 6.45) is 5.76. The molecule has 172 valence electrons. The number of hydrogen-bond donors (Lipinski definition) is 0. The van der Waals surface area contributed by atoms with Crippen LogP contribution in [0.4, 0.5) is 10.2 Å². The third kappa shape index (κ3) is 3.76. The fraction of sp³-hybridized carbons (Fsp3) is 0.480. The van der Waals surface area contributed by atoms with Crippen molar-refractivity contribution < 1.29 is 13.9 Å². The van der Waals surface area contributed by atoms with Gasteiger partial charge in [-0.25, -0.2) is 9.37 Å². The standard InChI is InChI=1S/C25H28FN5O2/c26-18-6-3-5-17(15-18)21-16-23-27-20-8-2-1-7-19(20)24(31(23)28-21)29-10-12-30(13-11-29)25(32)22-9-4-14-33-22/h3,5-6,15-16,22H,1-2,4,7-14H2. The lowest BCUT2D eigenvalue weighted by Crippen LogP contribution is -2.52. The maximum atomic E-state index is 13.8. The number of piperazine rings is 1. The van der Waals surface area contributed by atoms with Gasteiger partial charge < -0.3 is 14.5 Å². The minimum Gasteiger partial charge on any atom is -0.368 e. The number of carbonyl (C=O) groups excluding carboxylic acids is 1. The number of fused-ring (bicyclic) bond motifs is 2. The Morgan fingerprint density at radius 3 is 2.70 bits per heavy atom. The SMILES string of the molecule is O=C(C1CCCO1)N1CCN(c2c3c(nc4cc(-c5cccc(F)c5)nn24)CCCC3)CC1. The molecule has 1 aliphatic carbocycles. The van der Waals surface area contributed by atoms with Crippen LogP contribution in [0.5, 0.6) is 0 Å². The first-order chi connectivity index (χ1) is 16.2. The molecule has 3 aliphatic rings. The van der Waals surface area contributed by atoms with Gasteiger partial charge in [0.1, 0.15) is 17.7 Å². The van der Waals surface area contributed by atoms with Crippen LogP contribution in [0.2, 0.25) is 0 Å². The summed E-state index contributed by atoms with van der Waals surface area (Å²) >= 11 is 0. The molecule has 1 aromatic carbocycles. The van der Waals surface area contributed by atoms with Crippen LogP contribution < -0.4 is 4.90 Å². The van der Waals surface area contributed by atoms with Crippen molar-refractivity contribution >= 4 is 17.4 Å². The lowest BCUT2D eigenvalue weighted by atomic mass is 9.96. The van der Waals surface area contributed by atoms with E-state index in [1.54, 1.807) is 6.07 Å². The van der Waals surface area contributed by atoms with Gasteiger partial charge in [-0.05, 0) is 50.7 Å². The fourth-order valence-corrected chi connectivity index (χ4v) is 5.35. The number of ether oxygens (including phenoxy) is 1. The van der Waals surface area contributed by atoms with Crippen molar-refractivity contribution in [3.05, 3.63) is 47.4 Å². The van der Waals surface area contributed by atoms with Gasteiger partial charge in [-0.15, -0.1) is 0 Å². The van der Waals surface area contributed by atoms with Gasteiger partial charge >= 0.3 is 0 Å². The molecule has 0 N–H and O–H groups in total. The smallest absolute Gasteiger partial charge is 0.251 e. The Balaban J connectivity index is 1.34. The molecule has 0 saturated carbocycles. The number of anilines is 1. The van der Waals surface area contributed by atoms with Crippen LogP contribution in [0.25, 0.3) is 16.9 Å². The van der Waals surface area contributed by atoms with Crippen molar-refractivity contribution in [1.29, 1.82) is 0 Å². The second kappa shape index (κ2) is 8.41. The van der Waals surface area contributed by atoms with E-state index in [0.717, 1.165) is 80.0 Å². The summed E-state index contributed by atoms with van der Waals surface area (Å²) in [5.74, 6) is 0.937. The highest BCUT2D eigenvalue weighted by Crippen LogP contribution is 2.33. The third-order valence-electron chi connectivity index (χ3n) is 7.07. The second-order valence-corrected chi connectivity index (χ2v) is 9.19. The van der Waals surface area contributed by atoms with Gasteiger partial charge in [-0.2, -0.15) is 9.61 Å². The molecule has 7 nitrogen and oxygen atoms in total. The fourth-order valence-electron chi connectivity index (χ4n) is 5.35. The molecule has 3 aromatic rings. The van der Waals surface area contributed by atoms with Crippen LogP contribution >= 0.6 is 0 Å². The molecule has 1 amide bonds. The maximum absolute atomic E-state index is 13.8. The summed E-state index contributed by atoms with van der Waals surface area (Å²) in [5.41, 5.74) is 4.67. The molecule has 0 radical (unpaired) electrons. The van der Waals surface area contributed by atoms with E-state index >= 15 is 0 Å². The highest BCUT2D eigenvalue weighted by molar-refractivity contribution is 5.81. The van der Waals surface area contributed by atoms with Crippen LogP contribution in [-0.4, -0.2) is 64.3 Å². The van der Waals surface area contributed by atoms with Crippen LogP contribution in [0.1, 0.15) is 36.9 Å². The van der Waals surface area contributed by atoms with Crippen LogP contribution in [-0.2, 0) is 22.4 Å². The summed E-state index contributed by atoms with van der Waals surface area (Å²) in [6, 6.07) is 8.48. The molecule has 33 heavy (non-hydrogen) atoms. The Labute approximate surface area is 192 Å². The zero-order valence-corrected chi connectivity index (χ0v) is 18.7. The Kier molecular flexibility index (Phi) is 5.25. The summed E-state index contributed by atoms with van der Waals surface area (Å²) in [5, 5.41) is 4.87. The number of aryl methyl sites for hydroxylation is 1. The van der Waals surface area contributed by atoms with Gasteiger partial charge in [-0.1, -0.05) is 12.1 Å². The highest BCUT2D eigenvalue weighted by atomic mass is 19.1. The van der Waals surface area contributed by atoms with Crippen molar-refractivity contribution in [2.24, 2.45) is 0 Å². The zero-order chi connectivity index (χ0) is 22.4. The Bertz CT molecular complexity index is 1190. The number of nitrogens with zero attached hydrogens (tertiary/aromatic N) is 5. The Morgan fingerprint density at radius 2 is 1.91 bits per heavy atom. The highest BCUT2D eigenvalue weighted by Gasteiger charge is 2.32. The Hall–Kier alpha value is -3.00. The maximum Gasteiger partial charge on any atom is 0.251 e. The molecule has 1 unspecified atom stereocenters. The molecular weight excluding hydrogens is 421 g/mol. The molecule has 8 heteroatoms.